The number of likely N-dealkylation sites (N-methyl/N-ethyl adjacent to an activating group) is 2. The molecule has 2 aliphatic heterocycles. The minimum absolute atomic E-state index is 0.381. The molecule has 0 aliphatic carbocycles. The van der Waals surface area contributed by atoms with E-state index in [4.69, 9.17) is 4.74 Å². The Kier molecular flexibility index (Phi) is 4.19. The fourth-order valence-electron chi connectivity index (χ4n) is 2.61. The number of rotatable bonds is 3. The SMILES string of the molecule is CC1OCCC1NCC1CN(C)CCN1C. The smallest absolute Gasteiger partial charge is 0.0700 e. The average molecular weight is 227 g/mol. The molecule has 3 unspecified atom stereocenters. The summed E-state index contributed by atoms with van der Waals surface area (Å²) in [6, 6.07) is 1.20. The second kappa shape index (κ2) is 5.45. The molecule has 4 nitrogen and oxygen atoms in total. The third-order valence-electron chi connectivity index (χ3n) is 3.97. The molecule has 2 heterocycles. The minimum Gasteiger partial charge on any atom is -0.377 e. The molecular formula is C12H25N3O. The zero-order valence-electron chi connectivity index (χ0n) is 10.8. The van der Waals surface area contributed by atoms with Crippen molar-refractivity contribution in [1.82, 2.24) is 15.1 Å². The summed E-state index contributed by atoms with van der Waals surface area (Å²) in [5.74, 6) is 0. The largest absolute Gasteiger partial charge is 0.377 e. The maximum absolute atomic E-state index is 5.57. The monoisotopic (exact) mass is 227 g/mol. The highest BCUT2D eigenvalue weighted by Crippen LogP contribution is 2.13. The number of nitrogens with one attached hydrogen (secondary N) is 1. The van der Waals surface area contributed by atoms with Crippen LogP contribution in [0.3, 0.4) is 0 Å². The number of hydrogen-bond acceptors (Lipinski definition) is 4. The van der Waals surface area contributed by atoms with Gasteiger partial charge in [0.15, 0.2) is 0 Å². The van der Waals surface area contributed by atoms with Crippen LogP contribution in [0.15, 0.2) is 0 Å². The molecule has 16 heavy (non-hydrogen) atoms. The highest BCUT2D eigenvalue weighted by atomic mass is 16.5. The third kappa shape index (κ3) is 2.94. The van der Waals surface area contributed by atoms with Crippen LogP contribution in [0.2, 0.25) is 0 Å². The molecule has 2 saturated heterocycles. The van der Waals surface area contributed by atoms with Crippen LogP contribution in [-0.4, -0.2) is 74.9 Å². The summed E-state index contributed by atoms with van der Waals surface area (Å²) in [4.78, 5) is 4.88. The van der Waals surface area contributed by atoms with Gasteiger partial charge in [0.1, 0.15) is 0 Å². The first kappa shape index (κ1) is 12.3. The first-order chi connectivity index (χ1) is 7.66. The highest BCUT2D eigenvalue weighted by Gasteiger charge is 2.27. The van der Waals surface area contributed by atoms with E-state index in [-0.39, 0.29) is 0 Å². The maximum Gasteiger partial charge on any atom is 0.0700 e. The van der Waals surface area contributed by atoms with Crippen LogP contribution < -0.4 is 5.32 Å². The predicted molar refractivity (Wildman–Crippen MR) is 65.7 cm³/mol. The van der Waals surface area contributed by atoms with Gasteiger partial charge < -0.3 is 15.0 Å². The Morgan fingerprint density at radius 3 is 2.81 bits per heavy atom. The lowest BCUT2D eigenvalue weighted by atomic mass is 10.1. The van der Waals surface area contributed by atoms with E-state index in [0.717, 1.165) is 19.6 Å². The van der Waals surface area contributed by atoms with Crippen molar-refractivity contribution in [2.24, 2.45) is 0 Å². The molecule has 1 N–H and O–H groups in total. The molecule has 2 aliphatic rings. The lowest BCUT2D eigenvalue weighted by Gasteiger charge is -2.38. The van der Waals surface area contributed by atoms with Crippen molar-refractivity contribution in [2.75, 3.05) is 46.9 Å². The molecule has 4 heteroatoms. The summed E-state index contributed by atoms with van der Waals surface area (Å²) >= 11 is 0. The Bertz CT molecular complexity index is 224. The highest BCUT2D eigenvalue weighted by molar-refractivity contribution is 4.85. The normalized spacial score (nSPS) is 38.1. The number of ether oxygens (including phenoxy) is 1. The third-order valence-corrected chi connectivity index (χ3v) is 3.97. The van der Waals surface area contributed by atoms with E-state index in [2.05, 4.69) is 36.1 Å². The molecule has 0 radical (unpaired) electrons. The first-order valence-corrected chi connectivity index (χ1v) is 6.40. The Morgan fingerprint density at radius 1 is 1.31 bits per heavy atom. The Morgan fingerprint density at radius 2 is 2.12 bits per heavy atom. The van der Waals surface area contributed by atoms with Gasteiger partial charge in [0, 0.05) is 44.9 Å². The molecular weight excluding hydrogens is 202 g/mol. The maximum atomic E-state index is 5.57. The average Bonchev–Trinajstić information content (AvgIpc) is 2.66. The van der Waals surface area contributed by atoms with Crippen molar-refractivity contribution >= 4 is 0 Å². The quantitative estimate of drug-likeness (QED) is 0.734. The minimum atomic E-state index is 0.381. The van der Waals surface area contributed by atoms with E-state index in [1.807, 2.05) is 0 Å². The Labute approximate surface area is 98.9 Å². The zero-order valence-corrected chi connectivity index (χ0v) is 10.8. The molecule has 0 bridgehead atoms. The summed E-state index contributed by atoms with van der Waals surface area (Å²) in [7, 11) is 4.44. The van der Waals surface area contributed by atoms with Gasteiger partial charge in [0.2, 0.25) is 0 Å². The van der Waals surface area contributed by atoms with Crippen LogP contribution in [0.25, 0.3) is 0 Å². The van der Waals surface area contributed by atoms with Gasteiger partial charge in [-0.15, -0.1) is 0 Å². The standard InChI is InChI=1S/C12H25N3O/c1-10-12(4-7-16-10)13-8-11-9-14(2)5-6-15(11)3/h10-13H,4-9H2,1-3H3. The van der Waals surface area contributed by atoms with Crippen LogP contribution >= 0.6 is 0 Å². The van der Waals surface area contributed by atoms with Crippen molar-refractivity contribution < 1.29 is 4.74 Å². The zero-order chi connectivity index (χ0) is 11.5. The van der Waals surface area contributed by atoms with Gasteiger partial charge in [-0.2, -0.15) is 0 Å². The van der Waals surface area contributed by atoms with Gasteiger partial charge in [-0.25, -0.2) is 0 Å². The van der Waals surface area contributed by atoms with Crippen LogP contribution in [-0.2, 0) is 4.74 Å². The van der Waals surface area contributed by atoms with E-state index in [1.54, 1.807) is 0 Å². The molecule has 0 amide bonds. The van der Waals surface area contributed by atoms with E-state index in [1.165, 1.54) is 19.6 Å². The first-order valence-electron chi connectivity index (χ1n) is 6.40. The molecule has 3 atom stereocenters. The van der Waals surface area contributed by atoms with Crippen LogP contribution in [0, 0.1) is 0 Å². The van der Waals surface area contributed by atoms with Gasteiger partial charge in [-0.3, -0.25) is 4.90 Å². The van der Waals surface area contributed by atoms with E-state index in [0.29, 0.717) is 18.2 Å². The molecule has 0 saturated carbocycles. The second-order valence-electron chi connectivity index (χ2n) is 5.28. The van der Waals surface area contributed by atoms with Gasteiger partial charge in [0.05, 0.1) is 6.10 Å². The molecule has 2 rings (SSSR count). The van der Waals surface area contributed by atoms with Gasteiger partial charge in [-0.1, -0.05) is 0 Å². The van der Waals surface area contributed by atoms with Gasteiger partial charge in [0.25, 0.3) is 0 Å². The van der Waals surface area contributed by atoms with E-state index < -0.39 is 0 Å². The van der Waals surface area contributed by atoms with Crippen molar-refractivity contribution in [1.29, 1.82) is 0 Å². The second-order valence-corrected chi connectivity index (χ2v) is 5.28. The Balaban J connectivity index is 1.75. The van der Waals surface area contributed by atoms with Gasteiger partial charge in [-0.05, 0) is 27.4 Å². The fourth-order valence-corrected chi connectivity index (χ4v) is 2.61. The summed E-state index contributed by atoms with van der Waals surface area (Å²) in [5.41, 5.74) is 0. The van der Waals surface area contributed by atoms with Crippen LogP contribution in [0.5, 0.6) is 0 Å². The van der Waals surface area contributed by atoms with Crippen molar-refractivity contribution in [3.05, 3.63) is 0 Å². The lowest BCUT2D eigenvalue weighted by Crippen LogP contribution is -2.55. The molecule has 0 spiro atoms. The van der Waals surface area contributed by atoms with Gasteiger partial charge >= 0.3 is 0 Å². The van der Waals surface area contributed by atoms with Crippen molar-refractivity contribution in [3.8, 4) is 0 Å². The number of piperazine rings is 1. The summed E-state index contributed by atoms with van der Waals surface area (Å²) < 4.78 is 5.57. The van der Waals surface area contributed by atoms with E-state index in [9.17, 15) is 0 Å². The Hall–Kier alpha value is -0.160. The summed E-state index contributed by atoms with van der Waals surface area (Å²) in [5, 5.41) is 3.66. The van der Waals surface area contributed by atoms with Crippen molar-refractivity contribution in [2.45, 2.75) is 31.5 Å². The number of nitrogens with zero attached hydrogens (tertiary/aromatic N) is 2. The lowest BCUT2D eigenvalue weighted by molar-refractivity contribution is 0.0963. The molecule has 0 aromatic rings. The van der Waals surface area contributed by atoms with Crippen molar-refractivity contribution in [3.63, 3.8) is 0 Å². The molecule has 0 aromatic carbocycles. The van der Waals surface area contributed by atoms with E-state index >= 15 is 0 Å². The molecule has 0 aromatic heterocycles. The topological polar surface area (TPSA) is 27.7 Å². The predicted octanol–water partition coefficient (Wildman–Crippen LogP) is -0.000800. The molecule has 94 valence electrons. The summed E-state index contributed by atoms with van der Waals surface area (Å²) in [6.45, 7) is 7.71. The summed E-state index contributed by atoms with van der Waals surface area (Å²) in [6.07, 6.45) is 1.54. The fraction of sp³-hybridized carbons (Fsp3) is 1.00. The number of hydrogen-bond donors (Lipinski definition) is 1. The molecule has 2 fully saturated rings. The van der Waals surface area contributed by atoms with Crippen LogP contribution in [0.1, 0.15) is 13.3 Å². The van der Waals surface area contributed by atoms with Crippen LogP contribution in [0.4, 0.5) is 0 Å².